The second kappa shape index (κ2) is 18.2. The molecule has 0 aliphatic carbocycles. The molecule has 1 saturated heterocycles. The van der Waals surface area contributed by atoms with Crippen molar-refractivity contribution in [1.82, 2.24) is 0 Å². The zero-order chi connectivity index (χ0) is 29.3. The Morgan fingerprint density at radius 3 is 1.50 bits per heavy atom. The summed E-state index contributed by atoms with van der Waals surface area (Å²) < 4.78 is 36.8. The van der Waals surface area contributed by atoms with E-state index in [0.29, 0.717) is 46.2 Å². The minimum atomic E-state index is -0.805. The van der Waals surface area contributed by atoms with Gasteiger partial charge in [0.25, 0.3) is 0 Å². The molecule has 6 nitrogen and oxygen atoms in total. The lowest BCUT2D eigenvalue weighted by atomic mass is 9.80. The van der Waals surface area contributed by atoms with Gasteiger partial charge in [-0.3, -0.25) is 0 Å². The molecule has 1 aliphatic heterocycles. The summed E-state index contributed by atoms with van der Waals surface area (Å²) >= 11 is 0. The molecule has 0 spiro atoms. The maximum Gasteiger partial charge on any atom is 0.143 e. The molecule has 228 valence electrons. The zero-order valence-electron chi connectivity index (χ0n) is 25.3. The molecule has 0 aromatic heterocycles. The molecular weight excluding hydrogens is 528 g/mol. The van der Waals surface area contributed by atoms with Crippen LogP contribution in [0.1, 0.15) is 56.2 Å². The minimum absolute atomic E-state index is 0.135. The van der Waals surface area contributed by atoms with E-state index in [1.165, 1.54) is 0 Å². The zero-order valence-corrected chi connectivity index (χ0v) is 25.3. The van der Waals surface area contributed by atoms with Crippen LogP contribution in [0.3, 0.4) is 0 Å². The van der Waals surface area contributed by atoms with Gasteiger partial charge in [0.1, 0.15) is 23.9 Å². The summed E-state index contributed by atoms with van der Waals surface area (Å²) in [5, 5.41) is 0. The molecule has 1 heterocycles. The van der Waals surface area contributed by atoms with E-state index < -0.39 is 5.60 Å². The number of epoxide rings is 1. The molecule has 3 aromatic rings. The van der Waals surface area contributed by atoms with Gasteiger partial charge >= 0.3 is 0 Å². The first-order valence-corrected chi connectivity index (χ1v) is 15.6. The molecule has 3 aromatic carbocycles. The Morgan fingerprint density at radius 1 is 0.643 bits per heavy atom. The summed E-state index contributed by atoms with van der Waals surface area (Å²) in [6.07, 6.45) is 3.99. The van der Waals surface area contributed by atoms with E-state index in [1.807, 2.05) is 18.2 Å². The van der Waals surface area contributed by atoms with Crippen molar-refractivity contribution in [2.24, 2.45) is 0 Å². The van der Waals surface area contributed by atoms with Crippen molar-refractivity contribution in [3.05, 3.63) is 108 Å². The molecule has 1 fully saturated rings. The number of rotatable bonds is 22. The van der Waals surface area contributed by atoms with Crippen molar-refractivity contribution >= 4 is 0 Å². The van der Waals surface area contributed by atoms with E-state index in [-0.39, 0.29) is 18.3 Å². The quantitative estimate of drug-likeness (QED) is 0.0745. The van der Waals surface area contributed by atoms with Gasteiger partial charge < -0.3 is 28.4 Å². The predicted molar refractivity (Wildman–Crippen MR) is 166 cm³/mol. The first-order chi connectivity index (χ1) is 20.8. The summed E-state index contributed by atoms with van der Waals surface area (Å²) in [4.78, 5) is 0. The normalized spacial score (nSPS) is 16.3. The van der Waals surface area contributed by atoms with Gasteiger partial charge in [-0.25, -0.2) is 0 Å². The van der Waals surface area contributed by atoms with Crippen molar-refractivity contribution in [2.75, 3.05) is 52.9 Å². The number of ether oxygens (including phenoxy) is 6. The van der Waals surface area contributed by atoms with Crippen LogP contribution in [-0.4, -0.2) is 71.2 Å². The Hall–Kier alpha value is -2.58. The first kappa shape index (κ1) is 32.3. The Kier molecular flexibility index (Phi) is 14.0. The minimum Gasteiger partial charge on any atom is -0.376 e. The highest BCUT2D eigenvalue weighted by atomic mass is 16.6. The molecule has 0 N–H and O–H groups in total. The van der Waals surface area contributed by atoms with Gasteiger partial charge in [0.05, 0.1) is 39.6 Å². The highest BCUT2D eigenvalue weighted by molar-refractivity contribution is 5.47. The standard InChI is InChI=1S/C36H48O6/c1-3-5-22-39-33(24-37-26-34-28-41-34)25-38-27-35(40-23-6-4-2)29-42-36(30-16-10-7-11-17-30,31-18-12-8-13-19-31)32-20-14-9-15-21-32/h7-21,33-35H,3-6,22-29H2,1-2H3. The highest BCUT2D eigenvalue weighted by Crippen LogP contribution is 2.40. The SMILES string of the molecule is CCCCOC(COCC1CO1)COCC(COC(c1ccccc1)(c1ccccc1)c1ccccc1)OCCCC. The molecule has 0 amide bonds. The van der Waals surface area contributed by atoms with Crippen LogP contribution in [-0.2, 0) is 34.0 Å². The molecule has 3 unspecified atom stereocenters. The van der Waals surface area contributed by atoms with Gasteiger partial charge in [0.2, 0.25) is 0 Å². The van der Waals surface area contributed by atoms with Crippen LogP contribution >= 0.6 is 0 Å². The first-order valence-electron chi connectivity index (χ1n) is 15.6. The lowest BCUT2D eigenvalue weighted by molar-refractivity contribution is -0.111. The van der Waals surface area contributed by atoms with E-state index in [1.54, 1.807) is 0 Å². The monoisotopic (exact) mass is 576 g/mol. The van der Waals surface area contributed by atoms with E-state index in [0.717, 1.165) is 49.0 Å². The molecule has 0 saturated carbocycles. The van der Waals surface area contributed by atoms with Crippen molar-refractivity contribution in [1.29, 1.82) is 0 Å². The summed E-state index contributed by atoms with van der Waals surface area (Å²) in [6, 6.07) is 31.3. The predicted octanol–water partition coefficient (Wildman–Crippen LogP) is 6.80. The second-order valence-electron chi connectivity index (χ2n) is 10.8. The smallest absolute Gasteiger partial charge is 0.143 e. The molecule has 6 heteroatoms. The average Bonchev–Trinajstić information content (AvgIpc) is 3.87. The maximum atomic E-state index is 7.04. The van der Waals surface area contributed by atoms with Crippen molar-refractivity contribution in [2.45, 2.75) is 63.4 Å². The van der Waals surface area contributed by atoms with Gasteiger partial charge in [-0.15, -0.1) is 0 Å². The third kappa shape index (κ3) is 10.0. The van der Waals surface area contributed by atoms with Gasteiger partial charge in [-0.05, 0) is 29.5 Å². The Balaban J connectivity index is 1.49. The molecule has 3 atom stereocenters. The molecule has 4 rings (SSSR count). The number of unbranched alkanes of at least 4 members (excludes halogenated alkanes) is 2. The summed E-state index contributed by atoms with van der Waals surface area (Å²) in [5.41, 5.74) is 2.39. The molecule has 1 aliphatic rings. The Morgan fingerprint density at radius 2 is 1.07 bits per heavy atom. The van der Waals surface area contributed by atoms with Crippen LogP contribution in [0.2, 0.25) is 0 Å². The maximum absolute atomic E-state index is 7.04. The fourth-order valence-corrected chi connectivity index (χ4v) is 4.89. The summed E-state index contributed by atoms with van der Waals surface area (Å²) in [5.74, 6) is 0. The van der Waals surface area contributed by atoms with Crippen molar-refractivity contribution in [3.8, 4) is 0 Å². The second-order valence-corrected chi connectivity index (χ2v) is 10.8. The number of hydrogen-bond donors (Lipinski definition) is 0. The molecule has 0 bridgehead atoms. The van der Waals surface area contributed by atoms with Crippen LogP contribution in [0, 0.1) is 0 Å². The number of benzene rings is 3. The van der Waals surface area contributed by atoms with Crippen LogP contribution in [0.25, 0.3) is 0 Å². The fraction of sp³-hybridized carbons (Fsp3) is 0.500. The van der Waals surface area contributed by atoms with E-state index in [4.69, 9.17) is 28.4 Å². The van der Waals surface area contributed by atoms with E-state index in [2.05, 4.69) is 86.6 Å². The molecule has 42 heavy (non-hydrogen) atoms. The van der Waals surface area contributed by atoms with E-state index >= 15 is 0 Å². The van der Waals surface area contributed by atoms with Crippen LogP contribution < -0.4 is 0 Å². The average molecular weight is 577 g/mol. The lowest BCUT2D eigenvalue weighted by Crippen LogP contribution is -2.38. The van der Waals surface area contributed by atoms with Crippen LogP contribution in [0.4, 0.5) is 0 Å². The van der Waals surface area contributed by atoms with Gasteiger partial charge in [0, 0.05) is 13.2 Å². The topological polar surface area (TPSA) is 58.7 Å². The van der Waals surface area contributed by atoms with Crippen molar-refractivity contribution in [3.63, 3.8) is 0 Å². The number of hydrogen-bond acceptors (Lipinski definition) is 6. The molecule has 0 radical (unpaired) electrons. The Bertz CT molecular complexity index is 993. The van der Waals surface area contributed by atoms with Crippen LogP contribution in [0.15, 0.2) is 91.0 Å². The molecular formula is C36H48O6. The van der Waals surface area contributed by atoms with Gasteiger partial charge in [-0.1, -0.05) is 118 Å². The lowest BCUT2D eigenvalue weighted by Gasteiger charge is -2.37. The fourth-order valence-electron chi connectivity index (χ4n) is 4.89. The third-order valence-corrected chi connectivity index (χ3v) is 7.35. The highest BCUT2D eigenvalue weighted by Gasteiger charge is 2.38. The Labute approximate surface area is 252 Å². The largest absolute Gasteiger partial charge is 0.376 e. The van der Waals surface area contributed by atoms with E-state index in [9.17, 15) is 0 Å². The summed E-state index contributed by atoms with van der Waals surface area (Å²) in [7, 11) is 0. The third-order valence-electron chi connectivity index (χ3n) is 7.35. The summed E-state index contributed by atoms with van der Waals surface area (Å²) in [6.45, 7) is 8.75. The van der Waals surface area contributed by atoms with Gasteiger partial charge in [0.15, 0.2) is 0 Å². The van der Waals surface area contributed by atoms with Crippen LogP contribution in [0.5, 0.6) is 0 Å². The van der Waals surface area contributed by atoms with Crippen molar-refractivity contribution < 1.29 is 28.4 Å². The van der Waals surface area contributed by atoms with Gasteiger partial charge in [-0.2, -0.15) is 0 Å².